The summed E-state index contributed by atoms with van der Waals surface area (Å²) in [6.07, 6.45) is 19.0. The lowest BCUT2D eigenvalue weighted by atomic mass is 9.99. The van der Waals surface area contributed by atoms with E-state index in [9.17, 15) is 4.79 Å². The number of likely N-dealkylation sites (N-methyl/N-ethyl adjacent to an activating group) is 1. The van der Waals surface area contributed by atoms with E-state index in [2.05, 4.69) is 50.7 Å². The normalized spacial score (nSPS) is 14.4. The highest BCUT2D eigenvalue weighted by molar-refractivity contribution is 14.1. The number of quaternary nitrogens is 1. The van der Waals surface area contributed by atoms with Crippen molar-refractivity contribution in [3.8, 4) is 0 Å². The van der Waals surface area contributed by atoms with Gasteiger partial charge in [-0.15, -0.1) is 0 Å². The molecule has 2 atom stereocenters. The van der Waals surface area contributed by atoms with Gasteiger partial charge in [0.15, 0.2) is 5.78 Å². The summed E-state index contributed by atoms with van der Waals surface area (Å²) >= 11 is 2.22. The van der Waals surface area contributed by atoms with Crippen LogP contribution in [0.25, 0.3) is 0 Å². The van der Waals surface area contributed by atoms with Crippen LogP contribution >= 0.6 is 22.6 Å². The van der Waals surface area contributed by atoms with Crippen molar-refractivity contribution in [2.45, 2.75) is 113 Å². The van der Waals surface area contributed by atoms with E-state index in [0.717, 1.165) is 19.3 Å². The average molecular weight is 482 g/mol. The Morgan fingerprint density at radius 1 is 0.808 bits per heavy atom. The van der Waals surface area contributed by atoms with Crippen molar-refractivity contribution in [2.24, 2.45) is 5.73 Å². The Labute approximate surface area is 177 Å². The zero-order chi connectivity index (χ0) is 19.8. The Hall–Kier alpha value is 0.320. The Bertz CT molecular complexity index is 340. The topological polar surface area (TPSA) is 43.1 Å². The van der Waals surface area contributed by atoms with E-state index >= 15 is 0 Å². The van der Waals surface area contributed by atoms with Crippen LogP contribution in [0.4, 0.5) is 0 Å². The maximum atomic E-state index is 12.6. The zero-order valence-corrected chi connectivity index (χ0v) is 20.2. The first kappa shape index (κ1) is 26.3. The van der Waals surface area contributed by atoms with Crippen molar-refractivity contribution < 1.29 is 9.28 Å². The highest BCUT2D eigenvalue weighted by atomic mass is 127. The number of carbonyl (C=O) groups is 1. The molecule has 0 saturated heterocycles. The van der Waals surface area contributed by atoms with Crippen molar-refractivity contribution in [1.29, 1.82) is 0 Å². The Balaban J connectivity index is 3.60. The fraction of sp³-hybridized carbons (Fsp3) is 0.955. The third kappa shape index (κ3) is 15.4. The van der Waals surface area contributed by atoms with Crippen LogP contribution in [-0.2, 0) is 4.79 Å². The monoisotopic (exact) mass is 481 g/mol. The van der Waals surface area contributed by atoms with Crippen LogP contribution in [0.5, 0.6) is 0 Å². The molecule has 0 aromatic rings. The Morgan fingerprint density at radius 3 is 1.54 bits per heavy atom. The predicted octanol–water partition coefficient (Wildman–Crippen LogP) is 6.22. The molecule has 0 amide bonds. The van der Waals surface area contributed by atoms with Gasteiger partial charge in [-0.25, -0.2) is 0 Å². The lowest BCUT2D eigenvalue weighted by Crippen LogP contribution is -2.51. The molecule has 0 saturated carbocycles. The van der Waals surface area contributed by atoms with Gasteiger partial charge in [0.25, 0.3) is 0 Å². The number of hydrogen-bond acceptors (Lipinski definition) is 2. The van der Waals surface area contributed by atoms with E-state index in [4.69, 9.17) is 5.73 Å². The first-order chi connectivity index (χ1) is 12.3. The zero-order valence-electron chi connectivity index (χ0n) is 18.1. The van der Waals surface area contributed by atoms with E-state index in [1.807, 2.05) is 0 Å². The highest BCUT2D eigenvalue weighted by Crippen LogP contribution is 2.18. The molecule has 0 aromatic carbocycles. The standard InChI is InChI=1S/C22H46IN2O/c1-5-6-7-8-9-10-11-12-13-14-15-16-17-18-21(26)20(19-22(23)24)25(2,3)4/h20,22H,5-19,24H2,1-4H3/q+1. The van der Waals surface area contributed by atoms with Crippen molar-refractivity contribution in [2.75, 3.05) is 21.1 Å². The number of nitrogens with zero attached hydrogens (tertiary/aromatic N) is 1. The number of hydrogen-bond donors (Lipinski definition) is 1. The number of rotatable bonds is 18. The number of Topliss-reactive ketones (excluding diaryl/α,β-unsaturated/α-hetero) is 1. The van der Waals surface area contributed by atoms with Crippen molar-refractivity contribution in [1.82, 2.24) is 0 Å². The van der Waals surface area contributed by atoms with Gasteiger partial charge < -0.3 is 10.2 Å². The van der Waals surface area contributed by atoms with Gasteiger partial charge in [-0.3, -0.25) is 4.79 Å². The van der Waals surface area contributed by atoms with Gasteiger partial charge in [0.1, 0.15) is 6.04 Å². The largest absolute Gasteiger partial charge is 0.322 e. The van der Waals surface area contributed by atoms with Gasteiger partial charge in [0.2, 0.25) is 0 Å². The molecule has 0 bridgehead atoms. The van der Waals surface area contributed by atoms with Crippen LogP contribution in [0, 0.1) is 0 Å². The molecule has 0 aromatic heterocycles. The molecule has 0 fully saturated rings. The van der Waals surface area contributed by atoms with Crippen molar-refractivity contribution >= 4 is 28.4 Å². The van der Waals surface area contributed by atoms with Gasteiger partial charge in [0, 0.05) is 12.8 Å². The highest BCUT2D eigenvalue weighted by Gasteiger charge is 2.31. The molecule has 26 heavy (non-hydrogen) atoms. The van der Waals surface area contributed by atoms with Crippen LogP contribution in [0.15, 0.2) is 0 Å². The lowest BCUT2D eigenvalue weighted by molar-refractivity contribution is -0.886. The summed E-state index contributed by atoms with van der Waals surface area (Å²) in [7, 11) is 6.31. The van der Waals surface area contributed by atoms with E-state index < -0.39 is 0 Å². The first-order valence-electron chi connectivity index (χ1n) is 11.0. The van der Waals surface area contributed by atoms with Crippen LogP contribution < -0.4 is 5.73 Å². The Morgan fingerprint density at radius 2 is 1.19 bits per heavy atom. The number of unbranched alkanes of at least 4 members (excludes halogenated alkanes) is 12. The van der Waals surface area contributed by atoms with Gasteiger partial charge in [-0.1, -0.05) is 107 Å². The number of alkyl halides is 1. The second kappa shape index (κ2) is 16.3. The van der Waals surface area contributed by atoms with Crippen LogP contribution in [0.1, 0.15) is 103 Å². The quantitative estimate of drug-likeness (QED) is 0.0830. The average Bonchev–Trinajstić information content (AvgIpc) is 2.55. The molecule has 2 unspecified atom stereocenters. The van der Waals surface area contributed by atoms with Crippen molar-refractivity contribution in [3.63, 3.8) is 0 Å². The van der Waals surface area contributed by atoms with E-state index in [1.54, 1.807) is 0 Å². The van der Waals surface area contributed by atoms with E-state index in [0.29, 0.717) is 10.3 Å². The van der Waals surface area contributed by atoms with Gasteiger partial charge in [0.05, 0.1) is 25.2 Å². The number of nitrogens with two attached hydrogens (primary N) is 1. The van der Waals surface area contributed by atoms with Crippen LogP contribution in [-0.4, -0.2) is 41.5 Å². The van der Waals surface area contributed by atoms with Gasteiger partial charge in [-0.05, 0) is 6.42 Å². The second-order valence-corrected chi connectivity index (χ2v) is 10.4. The summed E-state index contributed by atoms with van der Waals surface area (Å²) < 4.78 is 0.749. The summed E-state index contributed by atoms with van der Waals surface area (Å²) in [5, 5.41) is 0. The maximum Gasteiger partial charge on any atom is 0.190 e. The summed E-state index contributed by atoms with van der Waals surface area (Å²) in [5.74, 6) is 0.396. The minimum atomic E-state index is 0.0410. The lowest BCUT2D eigenvalue weighted by Gasteiger charge is -2.33. The number of ketones is 1. The summed E-state index contributed by atoms with van der Waals surface area (Å²) in [4.78, 5) is 12.6. The number of halogens is 1. The summed E-state index contributed by atoms with van der Waals surface area (Å²) in [6, 6.07) is 0.0410. The molecule has 0 radical (unpaired) electrons. The van der Waals surface area contributed by atoms with Crippen molar-refractivity contribution in [3.05, 3.63) is 0 Å². The Kier molecular flexibility index (Phi) is 16.5. The fourth-order valence-corrected chi connectivity index (χ4v) is 4.06. The molecule has 0 aliphatic rings. The molecule has 156 valence electrons. The predicted molar refractivity (Wildman–Crippen MR) is 124 cm³/mol. The molecule has 3 nitrogen and oxygen atoms in total. The second-order valence-electron chi connectivity index (χ2n) is 8.84. The van der Waals surface area contributed by atoms with E-state index in [-0.39, 0.29) is 10.1 Å². The van der Waals surface area contributed by atoms with Gasteiger partial charge in [-0.2, -0.15) is 0 Å². The molecule has 0 aliphatic carbocycles. The minimum absolute atomic E-state index is 0.0410. The van der Waals surface area contributed by atoms with Crippen LogP contribution in [0.2, 0.25) is 0 Å². The molecule has 0 rings (SSSR count). The molecule has 0 spiro atoms. The maximum absolute atomic E-state index is 12.6. The first-order valence-corrected chi connectivity index (χ1v) is 12.3. The van der Waals surface area contributed by atoms with E-state index in [1.165, 1.54) is 77.0 Å². The third-order valence-electron chi connectivity index (χ3n) is 5.28. The van der Waals surface area contributed by atoms with Gasteiger partial charge >= 0.3 is 0 Å². The summed E-state index contributed by atoms with van der Waals surface area (Å²) in [5.41, 5.74) is 5.93. The molecule has 4 heteroatoms. The molecular formula is C22H46IN2O+. The minimum Gasteiger partial charge on any atom is -0.322 e. The molecule has 0 aliphatic heterocycles. The van der Waals surface area contributed by atoms with Crippen LogP contribution in [0.3, 0.4) is 0 Å². The SMILES string of the molecule is CCCCCCCCCCCCCCCC(=O)C(CC(N)I)[N+](C)(C)C. The fourth-order valence-electron chi connectivity index (χ4n) is 3.58. The smallest absolute Gasteiger partial charge is 0.190 e. The molecule has 0 heterocycles. The summed E-state index contributed by atoms with van der Waals surface area (Å²) in [6.45, 7) is 2.28. The molecule has 2 N–H and O–H groups in total. The molecular weight excluding hydrogens is 435 g/mol. The number of carbonyl (C=O) groups excluding carboxylic acids is 1. The third-order valence-corrected chi connectivity index (χ3v) is 5.79.